The molecule has 1 rings (SSSR count). The van der Waals surface area contributed by atoms with Crippen LogP contribution < -0.4 is 11.1 Å². The van der Waals surface area contributed by atoms with E-state index in [9.17, 15) is 4.79 Å². The Labute approximate surface area is 114 Å². The van der Waals surface area contributed by atoms with Crippen LogP contribution in [0.25, 0.3) is 0 Å². The number of hydrogen-bond acceptors (Lipinski definition) is 3. The molecule has 0 bridgehead atoms. The van der Waals surface area contributed by atoms with Crippen LogP contribution in [0.15, 0.2) is 17.5 Å². The van der Waals surface area contributed by atoms with Gasteiger partial charge in [0.1, 0.15) is 6.04 Å². The van der Waals surface area contributed by atoms with E-state index in [4.69, 9.17) is 5.73 Å². The summed E-state index contributed by atoms with van der Waals surface area (Å²) in [4.78, 5) is 12.8. The molecule has 0 saturated heterocycles. The second-order valence-corrected chi connectivity index (χ2v) is 5.63. The average Bonchev–Trinajstić information content (AvgIpc) is 2.91. The van der Waals surface area contributed by atoms with Crippen molar-refractivity contribution in [1.82, 2.24) is 5.32 Å². The number of carbonyl (C=O) groups is 1. The van der Waals surface area contributed by atoms with Crippen molar-refractivity contribution >= 4 is 17.2 Å². The number of carbonyl (C=O) groups excluding carboxylic acids is 1. The van der Waals surface area contributed by atoms with Crippen molar-refractivity contribution in [2.45, 2.75) is 45.6 Å². The van der Waals surface area contributed by atoms with Gasteiger partial charge in [-0.1, -0.05) is 39.2 Å². The Balaban J connectivity index is 2.35. The lowest BCUT2D eigenvalue weighted by molar-refractivity contribution is -0.122. The average molecular weight is 268 g/mol. The number of amides is 1. The highest BCUT2D eigenvalue weighted by Gasteiger charge is 2.17. The first kappa shape index (κ1) is 15.2. The van der Waals surface area contributed by atoms with E-state index in [1.54, 1.807) is 0 Å². The molecule has 1 aromatic heterocycles. The van der Waals surface area contributed by atoms with Crippen molar-refractivity contribution in [2.24, 2.45) is 11.7 Å². The zero-order valence-corrected chi connectivity index (χ0v) is 12.1. The Kier molecular flexibility index (Phi) is 6.98. The zero-order chi connectivity index (χ0) is 13.4. The summed E-state index contributed by atoms with van der Waals surface area (Å²) >= 11 is 1.53. The smallest absolute Gasteiger partial charge is 0.242 e. The van der Waals surface area contributed by atoms with Gasteiger partial charge in [-0.2, -0.15) is 0 Å². The number of rotatable bonds is 8. The van der Waals surface area contributed by atoms with Crippen LogP contribution in [0.4, 0.5) is 0 Å². The van der Waals surface area contributed by atoms with E-state index in [1.165, 1.54) is 30.6 Å². The first-order chi connectivity index (χ1) is 8.69. The lowest BCUT2D eigenvalue weighted by Crippen LogP contribution is -2.36. The number of hydrogen-bond donors (Lipinski definition) is 2. The highest BCUT2D eigenvalue weighted by molar-refractivity contribution is 7.10. The zero-order valence-electron chi connectivity index (χ0n) is 11.3. The SMILES string of the molecule is CCCCC(CC)CNC(=O)C(N)c1cccs1. The molecule has 0 radical (unpaired) electrons. The predicted molar refractivity (Wildman–Crippen MR) is 77.6 cm³/mol. The minimum atomic E-state index is -0.520. The van der Waals surface area contributed by atoms with Gasteiger partial charge in [0.25, 0.3) is 0 Å². The maximum absolute atomic E-state index is 11.9. The minimum Gasteiger partial charge on any atom is -0.354 e. The highest BCUT2D eigenvalue weighted by Crippen LogP contribution is 2.17. The molecule has 4 heteroatoms. The van der Waals surface area contributed by atoms with Crippen LogP contribution in [-0.4, -0.2) is 12.5 Å². The molecule has 0 aliphatic rings. The Hall–Kier alpha value is -0.870. The largest absolute Gasteiger partial charge is 0.354 e. The molecule has 2 unspecified atom stereocenters. The van der Waals surface area contributed by atoms with Crippen molar-refractivity contribution in [3.63, 3.8) is 0 Å². The summed E-state index contributed by atoms with van der Waals surface area (Å²) in [5, 5.41) is 4.92. The molecule has 1 heterocycles. The van der Waals surface area contributed by atoms with Crippen LogP contribution >= 0.6 is 11.3 Å². The maximum atomic E-state index is 11.9. The fourth-order valence-electron chi connectivity index (χ4n) is 1.90. The van der Waals surface area contributed by atoms with E-state index < -0.39 is 6.04 Å². The van der Waals surface area contributed by atoms with Gasteiger partial charge in [-0.25, -0.2) is 0 Å². The monoisotopic (exact) mass is 268 g/mol. The molecule has 18 heavy (non-hydrogen) atoms. The van der Waals surface area contributed by atoms with Crippen LogP contribution in [0.1, 0.15) is 50.4 Å². The van der Waals surface area contributed by atoms with Gasteiger partial charge in [0, 0.05) is 11.4 Å². The fourth-order valence-corrected chi connectivity index (χ4v) is 2.62. The van der Waals surface area contributed by atoms with Gasteiger partial charge in [-0.15, -0.1) is 11.3 Å². The van der Waals surface area contributed by atoms with E-state index in [1.807, 2.05) is 17.5 Å². The van der Waals surface area contributed by atoms with Gasteiger partial charge in [0.05, 0.1) is 0 Å². The minimum absolute atomic E-state index is 0.0626. The Bertz CT molecular complexity index is 338. The third-order valence-corrected chi connectivity index (χ3v) is 4.20. The lowest BCUT2D eigenvalue weighted by Gasteiger charge is -2.17. The number of nitrogens with two attached hydrogens (primary N) is 1. The summed E-state index contributed by atoms with van der Waals surface area (Å²) in [6.07, 6.45) is 4.72. The number of thiophene rings is 1. The van der Waals surface area contributed by atoms with Gasteiger partial charge in [-0.3, -0.25) is 4.79 Å². The van der Waals surface area contributed by atoms with E-state index in [2.05, 4.69) is 19.2 Å². The fraction of sp³-hybridized carbons (Fsp3) is 0.643. The molecule has 1 aromatic rings. The Morgan fingerprint density at radius 3 is 2.83 bits per heavy atom. The first-order valence-electron chi connectivity index (χ1n) is 6.75. The third kappa shape index (κ3) is 4.78. The van der Waals surface area contributed by atoms with Crippen molar-refractivity contribution in [3.05, 3.63) is 22.4 Å². The predicted octanol–water partition coefficient (Wildman–Crippen LogP) is 3.08. The third-order valence-electron chi connectivity index (χ3n) is 3.24. The molecule has 3 nitrogen and oxygen atoms in total. The summed E-state index contributed by atoms with van der Waals surface area (Å²) in [6.45, 7) is 5.11. The van der Waals surface area contributed by atoms with Crippen LogP contribution in [0.2, 0.25) is 0 Å². The number of unbranched alkanes of at least 4 members (excludes halogenated alkanes) is 1. The second kappa shape index (κ2) is 8.27. The molecule has 0 fully saturated rings. The maximum Gasteiger partial charge on any atom is 0.242 e. The topological polar surface area (TPSA) is 55.1 Å². The molecule has 0 saturated carbocycles. The van der Waals surface area contributed by atoms with Gasteiger partial charge < -0.3 is 11.1 Å². The summed E-state index contributed by atoms with van der Waals surface area (Å²) in [7, 11) is 0. The molecule has 0 aliphatic heterocycles. The number of nitrogens with one attached hydrogen (secondary N) is 1. The lowest BCUT2D eigenvalue weighted by atomic mass is 9.99. The molecule has 0 aliphatic carbocycles. The van der Waals surface area contributed by atoms with Gasteiger partial charge >= 0.3 is 0 Å². The van der Waals surface area contributed by atoms with Gasteiger partial charge in [0.15, 0.2) is 0 Å². The van der Waals surface area contributed by atoms with E-state index in [0.717, 1.165) is 17.8 Å². The molecule has 102 valence electrons. The van der Waals surface area contributed by atoms with E-state index in [0.29, 0.717) is 5.92 Å². The molecular weight excluding hydrogens is 244 g/mol. The van der Waals surface area contributed by atoms with Crippen LogP contribution in [-0.2, 0) is 4.79 Å². The molecule has 1 amide bonds. The van der Waals surface area contributed by atoms with E-state index in [-0.39, 0.29) is 5.91 Å². The quantitative estimate of drug-likeness (QED) is 0.761. The molecule has 2 atom stereocenters. The van der Waals surface area contributed by atoms with Crippen LogP contribution in [0.3, 0.4) is 0 Å². The Morgan fingerprint density at radius 2 is 2.28 bits per heavy atom. The van der Waals surface area contributed by atoms with Crippen LogP contribution in [0, 0.1) is 5.92 Å². The summed E-state index contributed by atoms with van der Waals surface area (Å²) in [6, 6.07) is 3.31. The molecule has 3 N–H and O–H groups in total. The standard InChI is InChI=1S/C14H24N2OS/c1-3-5-7-11(4-2)10-16-14(17)13(15)12-8-6-9-18-12/h6,8-9,11,13H,3-5,7,10,15H2,1-2H3,(H,16,17). The normalized spacial score (nSPS) is 14.2. The summed E-state index contributed by atoms with van der Waals surface area (Å²) < 4.78 is 0. The van der Waals surface area contributed by atoms with E-state index >= 15 is 0 Å². The molecular formula is C14H24N2OS. The summed E-state index contributed by atoms with van der Waals surface area (Å²) in [5.41, 5.74) is 5.91. The van der Waals surface area contributed by atoms with Gasteiger partial charge in [0.2, 0.25) is 5.91 Å². The van der Waals surface area contributed by atoms with Crippen molar-refractivity contribution < 1.29 is 4.79 Å². The highest BCUT2D eigenvalue weighted by atomic mass is 32.1. The Morgan fingerprint density at radius 1 is 1.50 bits per heavy atom. The van der Waals surface area contributed by atoms with Crippen molar-refractivity contribution in [1.29, 1.82) is 0 Å². The molecule has 0 spiro atoms. The summed E-state index contributed by atoms with van der Waals surface area (Å²) in [5.74, 6) is 0.511. The van der Waals surface area contributed by atoms with Crippen molar-refractivity contribution in [2.75, 3.05) is 6.54 Å². The first-order valence-corrected chi connectivity index (χ1v) is 7.63. The van der Waals surface area contributed by atoms with Crippen LogP contribution in [0.5, 0.6) is 0 Å². The second-order valence-electron chi connectivity index (χ2n) is 4.65. The van der Waals surface area contributed by atoms with Crippen molar-refractivity contribution in [3.8, 4) is 0 Å². The van der Waals surface area contributed by atoms with Gasteiger partial charge in [-0.05, 0) is 23.8 Å². The molecule has 0 aromatic carbocycles.